The summed E-state index contributed by atoms with van der Waals surface area (Å²) >= 11 is 0. The number of carbonyl (C=O) groups excluding carboxylic acids is 1. The van der Waals surface area contributed by atoms with E-state index in [9.17, 15) is 10.0 Å². The Morgan fingerprint density at radius 2 is 1.93 bits per heavy atom. The van der Waals surface area contributed by atoms with Crippen LogP contribution in [0.1, 0.15) is 43.5 Å². The number of aromatic amines is 1. The molecule has 1 unspecified atom stereocenters. The fourth-order valence-electron chi connectivity index (χ4n) is 3.28. The molecule has 0 saturated carbocycles. The van der Waals surface area contributed by atoms with Crippen LogP contribution >= 0.6 is 0 Å². The number of aryl methyl sites for hydroxylation is 1. The summed E-state index contributed by atoms with van der Waals surface area (Å²) in [6.45, 7) is 8.03. The first kappa shape index (κ1) is 20.9. The average Bonchev–Trinajstić information content (AvgIpc) is 3.04. The van der Waals surface area contributed by atoms with E-state index in [2.05, 4.69) is 16.4 Å². The van der Waals surface area contributed by atoms with Crippen LogP contribution < -0.4 is 5.32 Å². The lowest BCUT2D eigenvalue weighted by molar-refractivity contribution is -0.135. The summed E-state index contributed by atoms with van der Waals surface area (Å²) in [6.07, 6.45) is 1.38. The quantitative estimate of drug-likeness (QED) is 0.517. The number of hydrogen-bond donors (Lipinski definition) is 3. The molecule has 6 nitrogen and oxygen atoms in total. The second-order valence-electron chi connectivity index (χ2n) is 8.27. The van der Waals surface area contributed by atoms with E-state index in [0.717, 1.165) is 27.6 Å². The highest BCUT2D eigenvalue weighted by atomic mass is 16.6. The zero-order valence-electron chi connectivity index (χ0n) is 17.4. The van der Waals surface area contributed by atoms with Gasteiger partial charge in [-0.05, 0) is 51.0 Å². The van der Waals surface area contributed by atoms with Crippen LogP contribution in [0, 0.1) is 6.92 Å². The highest BCUT2D eigenvalue weighted by Gasteiger charge is 2.24. The minimum atomic E-state index is -0.583. The van der Waals surface area contributed by atoms with Gasteiger partial charge in [0.25, 0.3) is 0 Å². The third-order valence-corrected chi connectivity index (χ3v) is 4.61. The second kappa shape index (κ2) is 8.68. The number of nitrogens with zero attached hydrogens (tertiary/aromatic N) is 1. The summed E-state index contributed by atoms with van der Waals surface area (Å²) < 4.78 is 5.35. The van der Waals surface area contributed by atoms with Crippen LogP contribution in [0.15, 0.2) is 54.7 Å². The van der Waals surface area contributed by atoms with Crippen LogP contribution in [-0.2, 0) is 11.3 Å². The van der Waals surface area contributed by atoms with E-state index < -0.39 is 17.7 Å². The molecule has 0 spiro atoms. The van der Waals surface area contributed by atoms with E-state index in [0.29, 0.717) is 6.54 Å². The van der Waals surface area contributed by atoms with Gasteiger partial charge in [-0.3, -0.25) is 0 Å². The van der Waals surface area contributed by atoms with E-state index in [4.69, 9.17) is 4.74 Å². The summed E-state index contributed by atoms with van der Waals surface area (Å²) in [5, 5.41) is 16.0. The van der Waals surface area contributed by atoms with Crippen molar-refractivity contribution in [2.24, 2.45) is 0 Å². The van der Waals surface area contributed by atoms with Gasteiger partial charge >= 0.3 is 6.09 Å². The number of amides is 1. The van der Waals surface area contributed by atoms with Gasteiger partial charge < -0.3 is 20.2 Å². The molecule has 0 saturated heterocycles. The number of hydrogen-bond acceptors (Lipinski definition) is 4. The molecular formula is C23H29N3O3. The van der Waals surface area contributed by atoms with Gasteiger partial charge in [0.1, 0.15) is 5.60 Å². The molecule has 1 aromatic heterocycles. The van der Waals surface area contributed by atoms with Crippen LogP contribution in [0.2, 0.25) is 0 Å². The Bertz CT molecular complexity index is 960. The monoisotopic (exact) mass is 395 g/mol. The molecule has 0 aliphatic heterocycles. The zero-order valence-corrected chi connectivity index (χ0v) is 17.4. The Labute approximate surface area is 171 Å². The molecule has 0 aliphatic rings. The number of alkyl carbamates (subject to hydrolysis) is 1. The van der Waals surface area contributed by atoms with Crippen molar-refractivity contribution in [2.45, 2.75) is 45.9 Å². The average molecular weight is 396 g/mol. The van der Waals surface area contributed by atoms with Crippen molar-refractivity contribution in [3.63, 3.8) is 0 Å². The van der Waals surface area contributed by atoms with Gasteiger partial charge in [0, 0.05) is 30.2 Å². The number of benzene rings is 2. The summed E-state index contributed by atoms with van der Waals surface area (Å²) in [5.74, 6) is 0. The molecule has 3 rings (SSSR count). The normalized spacial score (nSPS) is 12.9. The van der Waals surface area contributed by atoms with Crippen LogP contribution in [0.5, 0.6) is 0 Å². The van der Waals surface area contributed by atoms with Gasteiger partial charge in [0.05, 0.1) is 6.04 Å². The molecular weight excluding hydrogens is 366 g/mol. The van der Waals surface area contributed by atoms with E-state index in [1.165, 1.54) is 5.06 Å². The van der Waals surface area contributed by atoms with Gasteiger partial charge in [-0.25, -0.2) is 4.79 Å². The standard InChI is InChI=1S/C23H29N3O3/c1-16-10-11-20-18(12-16)19(13-24-20)21(14-25-22(27)29-23(2,3)4)26(28)15-17-8-6-5-7-9-17/h5-13,21,24,28H,14-15H2,1-4H3,(H,25,27). The third kappa shape index (κ3) is 5.59. The van der Waals surface area contributed by atoms with Crippen molar-refractivity contribution in [3.8, 4) is 0 Å². The first-order valence-corrected chi connectivity index (χ1v) is 9.77. The summed E-state index contributed by atoms with van der Waals surface area (Å²) in [5.41, 5.74) is 3.43. The first-order valence-electron chi connectivity index (χ1n) is 9.77. The van der Waals surface area contributed by atoms with E-state index in [1.54, 1.807) is 0 Å². The van der Waals surface area contributed by atoms with E-state index in [1.807, 2.05) is 76.4 Å². The Kier molecular flexibility index (Phi) is 6.25. The number of H-pyrrole nitrogens is 1. The lowest BCUT2D eigenvalue weighted by atomic mass is 10.0. The van der Waals surface area contributed by atoms with Crippen molar-refractivity contribution < 1.29 is 14.7 Å². The first-order chi connectivity index (χ1) is 13.7. The predicted molar refractivity (Wildman–Crippen MR) is 114 cm³/mol. The smallest absolute Gasteiger partial charge is 0.407 e. The maximum atomic E-state index is 12.2. The number of nitrogens with one attached hydrogen (secondary N) is 2. The van der Waals surface area contributed by atoms with Crippen molar-refractivity contribution in [2.75, 3.05) is 6.54 Å². The highest BCUT2D eigenvalue weighted by Crippen LogP contribution is 2.29. The largest absolute Gasteiger partial charge is 0.444 e. The molecule has 29 heavy (non-hydrogen) atoms. The van der Waals surface area contributed by atoms with E-state index in [-0.39, 0.29) is 6.54 Å². The maximum absolute atomic E-state index is 12.2. The number of rotatable bonds is 6. The zero-order chi connectivity index (χ0) is 21.0. The van der Waals surface area contributed by atoms with Crippen LogP contribution in [-0.4, -0.2) is 33.5 Å². The molecule has 3 aromatic rings. The van der Waals surface area contributed by atoms with Gasteiger partial charge in [-0.1, -0.05) is 42.0 Å². The molecule has 2 aromatic carbocycles. The van der Waals surface area contributed by atoms with Crippen LogP contribution in [0.4, 0.5) is 4.79 Å². The lowest BCUT2D eigenvalue weighted by Gasteiger charge is -2.27. The van der Waals surface area contributed by atoms with Crippen LogP contribution in [0.25, 0.3) is 10.9 Å². The third-order valence-electron chi connectivity index (χ3n) is 4.61. The Morgan fingerprint density at radius 3 is 2.62 bits per heavy atom. The highest BCUT2D eigenvalue weighted by molar-refractivity contribution is 5.84. The summed E-state index contributed by atoms with van der Waals surface area (Å²) in [7, 11) is 0. The SMILES string of the molecule is Cc1ccc2[nH]cc(C(CNC(=O)OC(C)(C)C)N(O)Cc3ccccc3)c2c1. The molecule has 0 fully saturated rings. The van der Waals surface area contributed by atoms with Crippen molar-refractivity contribution in [3.05, 3.63) is 71.4 Å². The molecule has 0 radical (unpaired) electrons. The Morgan fingerprint density at radius 1 is 1.21 bits per heavy atom. The van der Waals surface area contributed by atoms with Gasteiger partial charge in [-0.15, -0.1) is 0 Å². The van der Waals surface area contributed by atoms with Gasteiger partial charge in [-0.2, -0.15) is 5.06 Å². The molecule has 3 N–H and O–H groups in total. The molecule has 154 valence electrons. The van der Waals surface area contributed by atoms with E-state index >= 15 is 0 Å². The van der Waals surface area contributed by atoms with Crippen molar-refractivity contribution in [1.82, 2.24) is 15.4 Å². The minimum Gasteiger partial charge on any atom is -0.444 e. The van der Waals surface area contributed by atoms with Gasteiger partial charge in [0.2, 0.25) is 0 Å². The summed E-state index contributed by atoms with van der Waals surface area (Å²) in [4.78, 5) is 15.4. The molecule has 0 bridgehead atoms. The Hall–Kier alpha value is -2.83. The number of ether oxygens (including phenoxy) is 1. The minimum absolute atomic E-state index is 0.207. The molecule has 1 heterocycles. The van der Waals surface area contributed by atoms with Crippen LogP contribution in [0.3, 0.4) is 0 Å². The lowest BCUT2D eigenvalue weighted by Crippen LogP contribution is -2.39. The summed E-state index contributed by atoms with van der Waals surface area (Å²) in [6, 6.07) is 15.4. The fourth-order valence-corrected chi connectivity index (χ4v) is 3.28. The molecule has 1 amide bonds. The van der Waals surface area contributed by atoms with Crippen molar-refractivity contribution in [1.29, 1.82) is 0 Å². The topological polar surface area (TPSA) is 77.6 Å². The number of aromatic nitrogens is 1. The Balaban J connectivity index is 1.86. The molecule has 0 aliphatic carbocycles. The maximum Gasteiger partial charge on any atom is 0.407 e. The van der Waals surface area contributed by atoms with Gasteiger partial charge in [0.15, 0.2) is 0 Å². The predicted octanol–water partition coefficient (Wildman–Crippen LogP) is 4.93. The van der Waals surface area contributed by atoms with Crippen molar-refractivity contribution >= 4 is 17.0 Å². The second-order valence-corrected chi connectivity index (χ2v) is 8.27. The number of fused-ring (bicyclic) bond motifs is 1. The number of hydroxylamine groups is 2. The number of carbonyl (C=O) groups is 1. The molecule has 1 atom stereocenters. The fraction of sp³-hybridized carbons (Fsp3) is 0.348. The molecule has 6 heteroatoms.